The number of hydrazone groups is 1. The van der Waals surface area contributed by atoms with Gasteiger partial charge in [-0.15, -0.1) is 0 Å². The van der Waals surface area contributed by atoms with E-state index >= 15 is 0 Å². The SMILES string of the molecule is CCNC(=O)N(C)CC(=O)N1N=C(c2cccc(OC)c2)C[C@@H]1c1ccc(OC)cc1. The Labute approximate surface area is 182 Å². The average Bonchev–Trinajstić information content (AvgIpc) is 3.25. The number of nitrogens with one attached hydrogen (secondary N) is 1. The summed E-state index contributed by atoms with van der Waals surface area (Å²) in [5.74, 6) is 1.21. The molecule has 0 fully saturated rings. The Hall–Kier alpha value is -3.55. The van der Waals surface area contributed by atoms with E-state index < -0.39 is 0 Å². The van der Waals surface area contributed by atoms with Gasteiger partial charge in [0.2, 0.25) is 0 Å². The summed E-state index contributed by atoms with van der Waals surface area (Å²) in [7, 11) is 4.82. The zero-order valence-electron chi connectivity index (χ0n) is 18.3. The van der Waals surface area contributed by atoms with Crippen LogP contribution in [0, 0.1) is 0 Å². The van der Waals surface area contributed by atoms with Gasteiger partial charge in [-0.25, -0.2) is 9.80 Å². The van der Waals surface area contributed by atoms with E-state index in [1.807, 2.05) is 55.5 Å². The summed E-state index contributed by atoms with van der Waals surface area (Å²) in [6.07, 6.45) is 0.552. The van der Waals surface area contributed by atoms with Gasteiger partial charge >= 0.3 is 6.03 Å². The second kappa shape index (κ2) is 9.97. The summed E-state index contributed by atoms with van der Waals surface area (Å²) in [6.45, 7) is 2.25. The van der Waals surface area contributed by atoms with Crippen LogP contribution in [0.3, 0.4) is 0 Å². The van der Waals surface area contributed by atoms with Crippen molar-refractivity contribution in [3.8, 4) is 11.5 Å². The second-order valence-corrected chi connectivity index (χ2v) is 7.20. The van der Waals surface area contributed by atoms with Crippen molar-refractivity contribution >= 4 is 17.6 Å². The highest BCUT2D eigenvalue weighted by molar-refractivity contribution is 6.03. The molecule has 2 aromatic rings. The van der Waals surface area contributed by atoms with E-state index in [1.54, 1.807) is 21.3 Å². The summed E-state index contributed by atoms with van der Waals surface area (Å²) >= 11 is 0. The van der Waals surface area contributed by atoms with E-state index in [0.29, 0.717) is 13.0 Å². The van der Waals surface area contributed by atoms with Crippen molar-refractivity contribution in [1.82, 2.24) is 15.2 Å². The number of urea groups is 1. The highest BCUT2D eigenvalue weighted by atomic mass is 16.5. The molecule has 0 saturated heterocycles. The molecule has 0 bridgehead atoms. The normalized spacial score (nSPS) is 15.3. The van der Waals surface area contributed by atoms with Crippen LogP contribution < -0.4 is 14.8 Å². The molecule has 3 rings (SSSR count). The van der Waals surface area contributed by atoms with Gasteiger partial charge in [0, 0.05) is 25.6 Å². The number of methoxy groups -OCH3 is 2. The Morgan fingerprint density at radius 1 is 1.13 bits per heavy atom. The second-order valence-electron chi connectivity index (χ2n) is 7.20. The van der Waals surface area contributed by atoms with Gasteiger partial charge in [-0.05, 0) is 36.8 Å². The lowest BCUT2D eigenvalue weighted by molar-refractivity contribution is -0.133. The van der Waals surface area contributed by atoms with E-state index in [0.717, 1.165) is 28.3 Å². The molecule has 1 heterocycles. The smallest absolute Gasteiger partial charge is 0.317 e. The molecule has 8 nitrogen and oxygen atoms in total. The fourth-order valence-corrected chi connectivity index (χ4v) is 3.44. The van der Waals surface area contributed by atoms with E-state index in [-0.39, 0.29) is 24.5 Å². The van der Waals surface area contributed by atoms with Gasteiger partial charge in [-0.2, -0.15) is 5.10 Å². The van der Waals surface area contributed by atoms with E-state index in [2.05, 4.69) is 10.4 Å². The van der Waals surface area contributed by atoms with Gasteiger partial charge < -0.3 is 19.7 Å². The number of hydrogen-bond acceptors (Lipinski definition) is 5. The molecular weight excluding hydrogens is 396 g/mol. The zero-order valence-corrected chi connectivity index (χ0v) is 18.3. The first-order valence-electron chi connectivity index (χ1n) is 10.1. The molecule has 0 unspecified atom stereocenters. The lowest BCUT2D eigenvalue weighted by atomic mass is 9.98. The molecular formula is C23H28N4O4. The lowest BCUT2D eigenvalue weighted by Crippen LogP contribution is -2.43. The maximum atomic E-state index is 13.1. The van der Waals surface area contributed by atoms with Crippen LogP contribution in [0.2, 0.25) is 0 Å². The van der Waals surface area contributed by atoms with Crippen molar-refractivity contribution in [3.05, 3.63) is 59.7 Å². The first-order valence-corrected chi connectivity index (χ1v) is 10.1. The molecule has 0 spiro atoms. The summed E-state index contributed by atoms with van der Waals surface area (Å²) in [6, 6.07) is 14.6. The van der Waals surface area contributed by atoms with E-state index in [9.17, 15) is 9.59 Å². The standard InChI is InChI=1S/C23H28N4O4/c1-5-24-23(29)26(2)15-22(28)27-21(16-9-11-18(30-3)12-10-16)14-20(25-27)17-7-6-8-19(13-17)31-4/h6-13,21H,5,14-15H2,1-4H3,(H,24,29)/t21-/m1/s1. The van der Waals surface area contributed by atoms with Crippen molar-refractivity contribution in [2.45, 2.75) is 19.4 Å². The van der Waals surface area contributed by atoms with Gasteiger partial charge in [0.05, 0.1) is 26.0 Å². The number of ether oxygens (including phenoxy) is 2. The summed E-state index contributed by atoms with van der Waals surface area (Å²) in [5.41, 5.74) is 2.62. The molecule has 0 aliphatic carbocycles. The number of nitrogens with zero attached hydrogens (tertiary/aromatic N) is 3. The highest BCUT2D eigenvalue weighted by Crippen LogP contribution is 2.34. The Balaban J connectivity index is 1.89. The van der Waals surface area contributed by atoms with E-state index in [1.165, 1.54) is 9.91 Å². The van der Waals surface area contributed by atoms with Gasteiger partial charge in [-0.3, -0.25) is 4.79 Å². The minimum Gasteiger partial charge on any atom is -0.497 e. The minimum absolute atomic E-state index is 0.0760. The Kier molecular flexibility index (Phi) is 7.12. The Morgan fingerprint density at radius 3 is 2.48 bits per heavy atom. The molecule has 0 radical (unpaired) electrons. The Bertz CT molecular complexity index is 958. The van der Waals surface area contributed by atoms with Crippen LogP contribution in [0.25, 0.3) is 0 Å². The highest BCUT2D eigenvalue weighted by Gasteiger charge is 2.34. The molecule has 1 aliphatic heterocycles. The van der Waals surface area contributed by atoms with Gasteiger partial charge in [0.1, 0.15) is 18.0 Å². The van der Waals surface area contributed by atoms with Crippen LogP contribution in [0.4, 0.5) is 4.79 Å². The molecule has 0 saturated carbocycles. The third-order valence-corrected chi connectivity index (χ3v) is 5.12. The van der Waals surface area contributed by atoms with Crippen molar-refractivity contribution in [2.75, 3.05) is 34.4 Å². The maximum absolute atomic E-state index is 13.1. The predicted molar refractivity (Wildman–Crippen MR) is 118 cm³/mol. The minimum atomic E-state index is -0.298. The number of likely N-dealkylation sites (N-methyl/N-ethyl adjacent to an activating group) is 1. The fraction of sp³-hybridized carbons (Fsp3) is 0.348. The van der Waals surface area contributed by atoms with Crippen LogP contribution in [-0.4, -0.2) is 61.9 Å². The molecule has 1 atom stereocenters. The monoisotopic (exact) mass is 424 g/mol. The third-order valence-electron chi connectivity index (χ3n) is 5.12. The first-order chi connectivity index (χ1) is 15.0. The molecule has 164 valence electrons. The number of hydrogen-bond donors (Lipinski definition) is 1. The van der Waals surface area contributed by atoms with Crippen molar-refractivity contribution in [3.63, 3.8) is 0 Å². The van der Waals surface area contributed by atoms with E-state index in [4.69, 9.17) is 9.47 Å². The number of rotatable bonds is 7. The number of carbonyl (C=O) groups excluding carboxylic acids is 2. The topological polar surface area (TPSA) is 83.5 Å². The first kappa shape index (κ1) is 22.1. The van der Waals surface area contributed by atoms with Crippen LogP contribution in [0.5, 0.6) is 11.5 Å². The van der Waals surface area contributed by atoms with Crippen molar-refractivity contribution in [1.29, 1.82) is 0 Å². The molecule has 2 aromatic carbocycles. The van der Waals surface area contributed by atoms with Crippen LogP contribution in [0.15, 0.2) is 53.6 Å². The lowest BCUT2D eigenvalue weighted by Gasteiger charge is -2.25. The molecule has 0 aromatic heterocycles. The quantitative estimate of drug-likeness (QED) is 0.741. The van der Waals surface area contributed by atoms with Crippen LogP contribution in [-0.2, 0) is 4.79 Å². The number of amides is 3. The van der Waals surface area contributed by atoms with Gasteiger partial charge in [0.15, 0.2) is 0 Å². The molecule has 1 aliphatic rings. The molecule has 3 amide bonds. The van der Waals surface area contributed by atoms with Crippen molar-refractivity contribution < 1.29 is 19.1 Å². The maximum Gasteiger partial charge on any atom is 0.317 e. The largest absolute Gasteiger partial charge is 0.497 e. The number of carbonyl (C=O) groups is 2. The number of benzene rings is 2. The van der Waals surface area contributed by atoms with Crippen molar-refractivity contribution in [2.24, 2.45) is 5.10 Å². The molecule has 31 heavy (non-hydrogen) atoms. The van der Waals surface area contributed by atoms with Gasteiger partial charge in [-0.1, -0.05) is 24.3 Å². The third kappa shape index (κ3) is 5.14. The fourth-order valence-electron chi connectivity index (χ4n) is 3.44. The Morgan fingerprint density at radius 2 is 1.84 bits per heavy atom. The van der Waals surface area contributed by atoms with Crippen LogP contribution in [0.1, 0.15) is 30.5 Å². The van der Waals surface area contributed by atoms with Crippen LogP contribution >= 0.6 is 0 Å². The summed E-state index contributed by atoms with van der Waals surface area (Å²) in [5, 5.41) is 8.82. The van der Waals surface area contributed by atoms with Gasteiger partial charge in [0.25, 0.3) is 5.91 Å². The average molecular weight is 425 g/mol. The summed E-state index contributed by atoms with van der Waals surface area (Å²) in [4.78, 5) is 26.5. The molecule has 8 heteroatoms. The molecule has 1 N–H and O–H groups in total. The predicted octanol–water partition coefficient (Wildman–Crippen LogP) is 3.04. The summed E-state index contributed by atoms with van der Waals surface area (Å²) < 4.78 is 10.6. The zero-order chi connectivity index (χ0) is 22.4.